The molecule has 81 valence electrons. The fourth-order valence-electron chi connectivity index (χ4n) is 1.88. The first-order valence-electron chi connectivity index (χ1n) is 6.12. The van der Waals surface area contributed by atoms with Gasteiger partial charge in [0.05, 0.1) is 0 Å². The quantitative estimate of drug-likeness (QED) is 0.708. The van der Waals surface area contributed by atoms with Crippen LogP contribution in [-0.4, -0.2) is 22.5 Å². The summed E-state index contributed by atoms with van der Waals surface area (Å²) in [5.74, 6) is 0. The van der Waals surface area contributed by atoms with Crippen LogP contribution in [0.5, 0.6) is 0 Å². The molecule has 0 heterocycles. The fraction of sp³-hybridized carbons (Fsp3) is 0.571. The second-order valence-electron chi connectivity index (χ2n) is 4.15. The van der Waals surface area contributed by atoms with E-state index in [0.29, 0.717) is 0 Å². The van der Waals surface area contributed by atoms with Crippen molar-refractivity contribution in [2.24, 2.45) is 0 Å². The van der Waals surface area contributed by atoms with Gasteiger partial charge in [0.1, 0.15) is 0 Å². The van der Waals surface area contributed by atoms with E-state index in [-0.39, 0.29) is 0 Å². The van der Waals surface area contributed by atoms with Gasteiger partial charge >= 0.3 is 108 Å². The second kappa shape index (κ2) is 7.32. The molecule has 0 bridgehead atoms. The van der Waals surface area contributed by atoms with E-state index in [9.17, 15) is 0 Å². The molecular formula is C14H21Sn. The summed E-state index contributed by atoms with van der Waals surface area (Å²) in [7, 11) is 0. The summed E-state index contributed by atoms with van der Waals surface area (Å²) in [6, 6.07) is 6.84. The van der Waals surface area contributed by atoms with Gasteiger partial charge in [0, 0.05) is 0 Å². The van der Waals surface area contributed by atoms with Crippen LogP contribution in [0.1, 0.15) is 50.7 Å². The van der Waals surface area contributed by atoms with Crippen molar-refractivity contribution in [3.05, 3.63) is 29.3 Å². The number of aryl methyl sites for hydroxylation is 1. The molecule has 0 unspecified atom stereocenters. The third-order valence-corrected chi connectivity index (χ3v) is 4.19. The molecule has 1 rings (SSSR count). The van der Waals surface area contributed by atoms with Gasteiger partial charge in [-0.15, -0.1) is 0 Å². The summed E-state index contributed by atoms with van der Waals surface area (Å²) < 4.78 is 1.57. The number of hydrogen-bond donors (Lipinski definition) is 0. The van der Waals surface area contributed by atoms with E-state index in [4.69, 9.17) is 0 Å². The normalized spacial score (nSPS) is 10.6. The van der Waals surface area contributed by atoms with E-state index in [1.54, 1.807) is 37.2 Å². The van der Waals surface area contributed by atoms with Crippen LogP contribution in [0.3, 0.4) is 0 Å². The van der Waals surface area contributed by atoms with Crippen LogP contribution in [0.25, 0.3) is 0 Å². The van der Waals surface area contributed by atoms with Crippen molar-refractivity contribution in [3.63, 3.8) is 0 Å². The summed E-state index contributed by atoms with van der Waals surface area (Å²) in [5, 5.41) is 0. The van der Waals surface area contributed by atoms with Crippen LogP contribution >= 0.6 is 0 Å². The average Bonchev–Trinajstić information content (AvgIpc) is 2.25. The van der Waals surface area contributed by atoms with Crippen molar-refractivity contribution in [1.82, 2.24) is 0 Å². The van der Waals surface area contributed by atoms with Crippen LogP contribution in [-0.2, 0) is 12.8 Å². The van der Waals surface area contributed by atoms with Crippen molar-refractivity contribution in [2.45, 2.75) is 52.4 Å². The Hall–Kier alpha value is 0.0187. The van der Waals surface area contributed by atoms with Gasteiger partial charge in [-0.05, 0) is 0 Å². The topological polar surface area (TPSA) is 0 Å². The van der Waals surface area contributed by atoms with Crippen molar-refractivity contribution in [1.29, 1.82) is 0 Å². The van der Waals surface area contributed by atoms with E-state index in [0.717, 1.165) is 0 Å². The molecule has 0 amide bonds. The first-order valence-corrected chi connectivity index (χ1v) is 7.54. The molecule has 0 N–H and O–H groups in total. The van der Waals surface area contributed by atoms with E-state index in [1.165, 1.54) is 38.5 Å². The van der Waals surface area contributed by atoms with Crippen LogP contribution in [0.15, 0.2) is 18.2 Å². The van der Waals surface area contributed by atoms with Crippen molar-refractivity contribution >= 4 is 26.1 Å². The number of unbranched alkanes of at least 4 members (excludes halogenated alkanes) is 2. The Morgan fingerprint density at radius 3 is 2.33 bits per heavy atom. The molecule has 0 aromatic heterocycles. The number of benzene rings is 1. The molecule has 0 aliphatic carbocycles. The Balaban J connectivity index is 2.77. The van der Waals surface area contributed by atoms with Crippen LogP contribution in [0.2, 0.25) is 0 Å². The van der Waals surface area contributed by atoms with E-state index >= 15 is 0 Å². The first-order chi connectivity index (χ1) is 7.29. The maximum atomic E-state index is 2.33. The molecule has 0 aliphatic rings. The molecule has 0 fully saturated rings. The number of hydrogen-bond acceptors (Lipinski definition) is 0. The molecule has 1 aromatic carbocycles. The first kappa shape index (κ1) is 13.1. The molecule has 1 aromatic rings. The molecule has 3 radical (unpaired) electrons. The van der Waals surface area contributed by atoms with Crippen LogP contribution in [0, 0.1) is 0 Å². The monoisotopic (exact) mass is 309 g/mol. The molecule has 0 spiro atoms. The van der Waals surface area contributed by atoms with Crippen LogP contribution < -0.4 is 3.58 Å². The third-order valence-electron chi connectivity index (χ3n) is 2.85. The Bertz CT molecular complexity index is 291. The van der Waals surface area contributed by atoms with Gasteiger partial charge in [0.2, 0.25) is 0 Å². The molecule has 0 saturated carbocycles. The summed E-state index contributed by atoms with van der Waals surface area (Å²) in [4.78, 5) is 0. The molecule has 0 aliphatic heterocycles. The van der Waals surface area contributed by atoms with E-state index in [1.807, 2.05) is 0 Å². The van der Waals surface area contributed by atoms with Gasteiger partial charge in [-0.1, -0.05) is 0 Å². The zero-order valence-corrected chi connectivity index (χ0v) is 12.8. The molecule has 15 heavy (non-hydrogen) atoms. The SMILES string of the molecule is CCCCc1ccc[c]([Sn])c1CCCC. The predicted molar refractivity (Wildman–Crippen MR) is 69.1 cm³/mol. The van der Waals surface area contributed by atoms with Crippen molar-refractivity contribution < 1.29 is 0 Å². The Labute approximate surface area is 108 Å². The maximum absolute atomic E-state index is 2.33. The van der Waals surface area contributed by atoms with Gasteiger partial charge in [-0.3, -0.25) is 0 Å². The molecular weight excluding hydrogens is 287 g/mol. The standard InChI is InChI=1S/C14H21.Sn/c1-3-5-9-13-11-7-8-12-14(13)10-6-4-2;/h7-8,11H,3-6,9-10H2,1-2H3;. The zero-order chi connectivity index (χ0) is 11.1. The van der Waals surface area contributed by atoms with Gasteiger partial charge in [0.25, 0.3) is 0 Å². The molecule has 0 saturated heterocycles. The van der Waals surface area contributed by atoms with Crippen molar-refractivity contribution in [3.8, 4) is 0 Å². The Morgan fingerprint density at radius 1 is 1.00 bits per heavy atom. The Morgan fingerprint density at radius 2 is 1.67 bits per heavy atom. The molecule has 0 nitrogen and oxygen atoms in total. The second-order valence-corrected chi connectivity index (χ2v) is 5.69. The summed E-state index contributed by atoms with van der Waals surface area (Å²) >= 11 is 1.57. The fourth-order valence-corrected chi connectivity index (χ4v) is 2.97. The minimum atomic E-state index is 1.28. The van der Waals surface area contributed by atoms with Crippen molar-refractivity contribution in [2.75, 3.05) is 0 Å². The van der Waals surface area contributed by atoms with E-state index < -0.39 is 0 Å². The summed E-state index contributed by atoms with van der Waals surface area (Å²) in [6.45, 7) is 4.55. The third kappa shape index (κ3) is 4.18. The predicted octanol–water partition coefficient (Wildman–Crippen LogP) is 3.17. The van der Waals surface area contributed by atoms with Gasteiger partial charge < -0.3 is 0 Å². The summed E-state index contributed by atoms with van der Waals surface area (Å²) in [5.41, 5.74) is 3.27. The number of rotatable bonds is 6. The minimum absolute atomic E-state index is 1.28. The zero-order valence-electron chi connectivity index (χ0n) is 9.97. The average molecular weight is 308 g/mol. The van der Waals surface area contributed by atoms with Gasteiger partial charge in [0.15, 0.2) is 0 Å². The Kier molecular flexibility index (Phi) is 6.38. The van der Waals surface area contributed by atoms with Gasteiger partial charge in [-0.2, -0.15) is 0 Å². The molecule has 0 atom stereocenters. The van der Waals surface area contributed by atoms with E-state index in [2.05, 4.69) is 32.0 Å². The van der Waals surface area contributed by atoms with Crippen LogP contribution in [0.4, 0.5) is 0 Å². The van der Waals surface area contributed by atoms with Gasteiger partial charge in [-0.25, -0.2) is 0 Å². The summed E-state index contributed by atoms with van der Waals surface area (Å²) in [6.07, 6.45) is 7.84. The molecule has 1 heteroatoms.